The van der Waals surface area contributed by atoms with Crippen molar-refractivity contribution in [3.05, 3.63) is 34.9 Å². The summed E-state index contributed by atoms with van der Waals surface area (Å²) in [5, 5.41) is 4.09. The molecule has 114 valence electrons. The van der Waals surface area contributed by atoms with Gasteiger partial charge in [-0.05, 0) is 49.3 Å². The Morgan fingerprint density at radius 3 is 2.57 bits per heavy atom. The number of ether oxygens (including phenoxy) is 1. The lowest BCUT2D eigenvalue weighted by Gasteiger charge is -2.33. The molecule has 1 heterocycles. The van der Waals surface area contributed by atoms with Crippen LogP contribution >= 0.6 is 11.6 Å². The number of carbonyl (C=O) groups excluding carboxylic acids is 1. The van der Waals surface area contributed by atoms with Crippen molar-refractivity contribution < 1.29 is 9.53 Å². The molecule has 21 heavy (non-hydrogen) atoms. The van der Waals surface area contributed by atoms with Crippen molar-refractivity contribution >= 4 is 17.5 Å². The fourth-order valence-electron chi connectivity index (χ4n) is 3.22. The van der Waals surface area contributed by atoms with E-state index in [9.17, 15) is 4.79 Å². The molecule has 0 spiro atoms. The predicted molar refractivity (Wildman–Crippen MR) is 82.0 cm³/mol. The number of halogens is 1. The molecule has 5 heteroatoms. The van der Waals surface area contributed by atoms with E-state index in [0.717, 1.165) is 37.9 Å². The SMILES string of the molecule is NC(=O)C(NCC1CCCO1)(c1ccc(Cl)cc1)C1CC1. The Hall–Kier alpha value is -1.10. The maximum atomic E-state index is 12.3. The van der Waals surface area contributed by atoms with Gasteiger partial charge in [0.1, 0.15) is 5.54 Å². The Bertz CT molecular complexity index is 510. The molecule has 1 aromatic carbocycles. The number of nitrogens with one attached hydrogen (secondary N) is 1. The quantitative estimate of drug-likeness (QED) is 0.847. The van der Waals surface area contributed by atoms with Gasteiger partial charge < -0.3 is 10.5 Å². The standard InChI is InChI=1S/C16H21ClN2O2/c17-13-7-5-12(6-8-13)16(15(18)20,11-3-4-11)19-10-14-2-1-9-21-14/h5-8,11,14,19H,1-4,9-10H2,(H2,18,20). The highest BCUT2D eigenvalue weighted by molar-refractivity contribution is 6.30. The van der Waals surface area contributed by atoms with E-state index in [4.69, 9.17) is 22.1 Å². The molecule has 4 nitrogen and oxygen atoms in total. The molecular formula is C16H21ClN2O2. The molecule has 2 unspecified atom stereocenters. The molecule has 1 aromatic rings. The Morgan fingerprint density at radius 2 is 2.05 bits per heavy atom. The van der Waals surface area contributed by atoms with E-state index >= 15 is 0 Å². The van der Waals surface area contributed by atoms with E-state index in [0.29, 0.717) is 11.6 Å². The predicted octanol–water partition coefficient (Wildman–Crippen LogP) is 2.20. The minimum absolute atomic E-state index is 0.176. The van der Waals surface area contributed by atoms with Crippen molar-refractivity contribution in [1.29, 1.82) is 0 Å². The van der Waals surface area contributed by atoms with Gasteiger partial charge in [-0.3, -0.25) is 10.1 Å². The number of nitrogens with two attached hydrogens (primary N) is 1. The average molecular weight is 309 g/mol. The molecular weight excluding hydrogens is 288 g/mol. The smallest absolute Gasteiger partial charge is 0.242 e. The number of hydrogen-bond donors (Lipinski definition) is 2. The highest BCUT2D eigenvalue weighted by atomic mass is 35.5. The van der Waals surface area contributed by atoms with E-state index in [-0.39, 0.29) is 17.9 Å². The summed E-state index contributed by atoms with van der Waals surface area (Å²) in [6.07, 6.45) is 4.33. The van der Waals surface area contributed by atoms with Crippen LogP contribution in [0, 0.1) is 5.92 Å². The summed E-state index contributed by atoms with van der Waals surface area (Å²) in [7, 11) is 0. The molecule has 1 aliphatic heterocycles. The number of rotatable bonds is 6. The van der Waals surface area contributed by atoms with Gasteiger partial charge in [0.25, 0.3) is 0 Å². The van der Waals surface area contributed by atoms with Gasteiger partial charge in [0.15, 0.2) is 0 Å². The van der Waals surface area contributed by atoms with E-state index in [1.54, 1.807) is 0 Å². The van der Waals surface area contributed by atoms with Gasteiger partial charge in [-0.25, -0.2) is 0 Å². The monoisotopic (exact) mass is 308 g/mol. The van der Waals surface area contributed by atoms with Crippen molar-refractivity contribution in [2.24, 2.45) is 11.7 Å². The van der Waals surface area contributed by atoms with E-state index in [2.05, 4.69) is 5.32 Å². The zero-order valence-corrected chi connectivity index (χ0v) is 12.7. The molecule has 0 radical (unpaired) electrons. The van der Waals surface area contributed by atoms with Crippen LogP contribution in [-0.4, -0.2) is 25.2 Å². The highest BCUT2D eigenvalue weighted by Gasteiger charge is 2.51. The topological polar surface area (TPSA) is 64.4 Å². The average Bonchev–Trinajstić information content (AvgIpc) is 3.18. The zero-order chi connectivity index (χ0) is 14.9. The van der Waals surface area contributed by atoms with Gasteiger partial charge in [-0.2, -0.15) is 0 Å². The fourth-order valence-corrected chi connectivity index (χ4v) is 3.35. The van der Waals surface area contributed by atoms with Crippen LogP contribution in [0.4, 0.5) is 0 Å². The summed E-state index contributed by atoms with van der Waals surface area (Å²) < 4.78 is 5.65. The maximum absolute atomic E-state index is 12.3. The molecule has 2 aliphatic rings. The summed E-state index contributed by atoms with van der Waals surface area (Å²) in [6, 6.07) is 7.41. The highest BCUT2D eigenvalue weighted by Crippen LogP contribution is 2.46. The number of primary amides is 1. The van der Waals surface area contributed by atoms with Crippen LogP contribution in [0.2, 0.25) is 5.02 Å². The van der Waals surface area contributed by atoms with Crippen molar-refractivity contribution in [1.82, 2.24) is 5.32 Å². The number of carbonyl (C=O) groups is 1. The first kappa shape index (κ1) is 14.8. The largest absolute Gasteiger partial charge is 0.377 e. The summed E-state index contributed by atoms with van der Waals surface area (Å²) in [6.45, 7) is 1.46. The van der Waals surface area contributed by atoms with Crippen LogP contribution in [0.25, 0.3) is 0 Å². The van der Waals surface area contributed by atoms with Gasteiger partial charge >= 0.3 is 0 Å². The van der Waals surface area contributed by atoms with Crippen LogP contribution < -0.4 is 11.1 Å². The molecule has 1 saturated carbocycles. The normalized spacial score (nSPS) is 24.7. The number of benzene rings is 1. The van der Waals surface area contributed by atoms with Crippen molar-refractivity contribution in [3.8, 4) is 0 Å². The van der Waals surface area contributed by atoms with Gasteiger partial charge in [-0.15, -0.1) is 0 Å². The minimum atomic E-state index is -0.795. The third-order valence-corrected chi connectivity index (χ3v) is 4.76. The van der Waals surface area contributed by atoms with Crippen molar-refractivity contribution in [2.45, 2.75) is 37.3 Å². The first-order chi connectivity index (χ1) is 10.1. The molecule has 2 fully saturated rings. The van der Waals surface area contributed by atoms with Crippen LogP contribution in [0.1, 0.15) is 31.2 Å². The van der Waals surface area contributed by atoms with Gasteiger partial charge in [0.05, 0.1) is 6.10 Å². The van der Waals surface area contributed by atoms with Gasteiger partial charge in [0.2, 0.25) is 5.91 Å². The Kier molecular flexibility index (Phi) is 4.20. The molecule has 0 bridgehead atoms. The van der Waals surface area contributed by atoms with Crippen LogP contribution in [0.5, 0.6) is 0 Å². The van der Waals surface area contributed by atoms with Crippen LogP contribution in [0.3, 0.4) is 0 Å². The molecule has 3 N–H and O–H groups in total. The van der Waals surface area contributed by atoms with Crippen molar-refractivity contribution in [3.63, 3.8) is 0 Å². The molecule has 1 amide bonds. The minimum Gasteiger partial charge on any atom is -0.377 e. The lowest BCUT2D eigenvalue weighted by Crippen LogP contribution is -2.56. The molecule has 0 aromatic heterocycles. The van der Waals surface area contributed by atoms with Crippen LogP contribution in [-0.2, 0) is 15.1 Å². The fraction of sp³-hybridized carbons (Fsp3) is 0.562. The second-order valence-corrected chi connectivity index (χ2v) is 6.41. The first-order valence-corrected chi connectivity index (χ1v) is 7.93. The van der Waals surface area contributed by atoms with Crippen molar-refractivity contribution in [2.75, 3.05) is 13.2 Å². The van der Waals surface area contributed by atoms with Gasteiger partial charge in [0, 0.05) is 18.2 Å². The Balaban J connectivity index is 1.86. The Morgan fingerprint density at radius 1 is 1.33 bits per heavy atom. The molecule has 1 saturated heterocycles. The molecule has 3 rings (SSSR count). The number of hydrogen-bond acceptors (Lipinski definition) is 3. The third-order valence-electron chi connectivity index (χ3n) is 4.51. The van der Waals surface area contributed by atoms with Gasteiger partial charge in [-0.1, -0.05) is 23.7 Å². The zero-order valence-electron chi connectivity index (χ0n) is 12.0. The summed E-state index contributed by atoms with van der Waals surface area (Å²) >= 11 is 5.96. The summed E-state index contributed by atoms with van der Waals surface area (Å²) in [4.78, 5) is 12.3. The maximum Gasteiger partial charge on any atom is 0.242 e. The lowest BCUT2D eigenvalue weighted by atomic mass is 9.83. The third kappa shape index (κ3) is 2.93. The summed E-state index contributed by atoms with van der Waals surface area (Å²) in [5.74, 6) is -0.0529. The van der Waals surface area contributed by atoms with E-state index in [1.165, 1.54) is 0 Å². The van der Waals surface area contributed by atoms with E-state index < -0.39 is 5.54 Å². The van der Waals surface area contributed by atoms with E-state index in [1.807, 2.05) is 24.3 Å². The second-order valence-electron chi connectivity index (χ2n) is 5.97. The lowest BCUT2D eigenvalue weighted by molar-refractivity contribution is -0.126. The molecule has 2 atom stereocenters. The molecule has 1 aliphatic carbocycles. The van der Waals surface area contributed by atoms with Crippen LogP contribution in [0.15, 0.2) is 24.3 Å². The second kappa shape index (κ2) is 5.95. The first-order valence-electron chi connectivity index (χ1n) is 7.55. The number of amides is 1. The Labute approximate surface area is 130 Å². The summed E-state index contributed by atoms with van der Waals surface area (Å²) in [5.41, 5.74) is 5.90.